The third-order valence-electron chi connectivity index (χ3n) is 4.84. The first-order valence-electron chi connectivity index (χ1n) is 10.8. The van der Waals surface area contributed by atoms with Crippen LogP contribution in [0, 0.1) is 0 Å². The van der Waals surface area contributed by atoms with Gasteiger partial charge in [0.2, 0.25) is 0 Å². The van der Waals surface area contributed by atoms with Gasteiger partial charge in [0.1, 0.15) is 5.75 Å². The van der Waals surface area contributed by atoms with Gasteiger partial charge in [-0.15, -0.1) is 0 Å². The average molecular weight is 382 g/mol. The zero-order valence-corrected chi connectivity index (χ0v) is 17.1. The highest BCUT2D eigenvalue weighted by atomic mass is 16.5. The Morgan fingerprint density at radius 3 is 1.96 bits per heavy atom. The highest BCUT2D eigenvalue weighted by Crippen LogP contribution is 2.15. The Labute approximate surface area is 170 Å². The first-order valence-corrected chi connectivity index (χ1v) is 10.8. The van der Waals surface area contributed by atoms with E-state index in [1.54, 1.807) is 6.20 Å². The SMILES string of the molecule is OCCCCCCCCCCCCOc1ccc(C=Cc2ccccn2)cc1. The number of hydrogen-bond donors (Lipinski definition) is 1. The average Bonchev–Trinajstić information content (AvgIpc) is 2.74. The van der Waals surface area contributed by atoms with Crippen molar-refractivity contribution in [1.29, 1.82) is 0 Å². The third-order valence-corrected chi connectivity index (χ3v) is 4.84. The number of rotatable bonds is 15. The molecule has 0 spiro atoms. The number of hydrogen-bond acceptors (Lipinski definition) is 3. The first kappa shape index (κ1) is 22.2. The summed E-state index contributed by atoms with van der Waals surface area (Å²) >= 11 is 0. The Balaban J connectivity index is 1.49. The summed E-state index contributed by atoms with van der Waals surface area (Å²) in [6.07, 6.45) is 18.3. The normalized spacial score (nSPS) is 11.2. The molecule has 2 aromatic rings. The Bertz CT molecular complexity index is 637. The number of aliphatic hydroxyl groups is 1. The molecule has 0 saturated heterocycles. The van der Waals surface area contributed by atoms with Crippen LogP contribution < -0.4 is 4.74 Å². The van der Waals surface area contributed by atoms with Gasteiger partial charge in [0.25, 0.3) is 0 Å². The minimum absolute atomic E-state index is 0.342. The monoisotopic (exact) mass is 381 g/mol. The van der Waals surface area contributed by atoms with Gasteiger partial charge < -0.3 is 9.84 Å². The molecule has 152 valence electrons. The Kier molecular flexibility index (Phi) is 11.8. The summed E-state index contributed by atoms with van der Waals surface area (Å²) in [6, 6.07) is 14.1. The molecule has 2 rings (SSSR count). The molecule has 1 aromatic heterocycles. The Morgan fingerprint density at radius 2 is 1.36 bits per heavy atom. The fraction of sp³-hybridized carbons (Fsp3) is 0.480. The number of unbranched alkanes of at least 4 members (excludes halogenated alkanes) is 9. The summed E-state index contributed by atoms with van der Waals surface area (Å²) in [5, 5.41) is 8.74. The maximum atomic E-state index is 8.74. The quantitative estimate of drug-likeness (QED) is 0.357. The Hall–Kier alpha value is -2.13. The fourth-order valence-electron chi connectivity index (χ4n) is 3.15. The van der Waals surface area contributed by atoms with Crippen LogP contribution in [-0.4, -0.2) is 23.3 Å². The van der Waals surface area contributed by atoms with E-state index in [-0.39, 0.29) is 0 Å². The zero-order valence-electron chi connectivity index (χ0n) is 17.1. The van der Waals surface area contributed by atoms with Gasteiger partial charge in [0.05, 0.1) is 12.3 Å². The second kappa shape index (κ2) is 14.9. The van der Waals surface area contributed by atoms with Crippen LogP contribution in [0.4, 0.5) is 0 Å². The lowest BCUT2D eigenvalue weighted by atomic mass is 10.1. The van der Waals surface area contributed by atoms with Crippen molar-refractivity contribution in [2.24, 2.45) is 0 Å². The lowest BCUT2D eigenvalue weighted by molar-refractivity contribution is 0.282. The van der Waals surface area contributed by atoms with Crippen LogP contribution in [0.15, 0.2) is 48.7 Å². The summed E-state index contributed by atoms with van der Waals surface area (Å²) in [5.74, 6) is 0.942. The summed E-state index contributed by atoms with van der Waals surface area (Å²) in [5.41, 5.74) is 2.11. The number of ether oxygens (including phenoxy) is 1. The molecule has 28 heavy (non-hydrogen) atoms. The largest absolute Gasteiger partial charge is 0.494 e. The third kappa shape index (κ3) is 10.3. The molecule has 0 amide bonds. The molecular weight excluding hydrogens is 346 g/mol. The maximum absolute atomic E-state index is 8.74. The van der Waals surface area contributed by atoms with E-state index in [0.717, 1.165) is 36.5 Å². The van der Waals surface area contributed by atoms with E-state index in [1.165, 1.54) is 51.4 Å². The van der Waals surface area contributed by atoms with Gasteiger partial charge in [0, 0.05) is 12.8 Å². The van der Waals surface area contributed by atoms with Crippen molar-refractivity contribution in [2.45, 2.75) is 64.2 Å². The molecule has 0 aliphatic rings. The van der Waals surface area contributed by atoms with Crippen molar-refractivity contribution < 1.29 is 9.84 Å². The van der Waals surface area contributed by atoms with E-state index < -0.39 is 0 Å². The van der Waals surface area contributed by atoms with Gasteiger partial charge in [-0.25, -0.2) is 0 Å². The number of benzene rings is 1. The van der Waals surface area contributed by atoms with Crippen molar-refractivity contribution in [1.82, 2.24) is 4.98 Å². The standard InChI is InChI=1S/C25H35NO2/c27-21-11-7-5-3-1-2-4-6-8-12-22-28-25-18-15-23(16-19-25)14-17-24-13-9-10-20-26-24/h9-10,13-20,27H,1-8,11-12,21-22H2. The predicted molar refractivity (Wildman–Crippen MR) is 118 cm³/mol. The topological polar surface area (TPSA) is 42.4 Å². The van der Waals surface area contributed by atoms with Crippen LogP contribution in [0.25, 0.3) is 12.2 Å². The number of aromatic nitrogens is 1. The molecule has 1 heterocycles. The second-order valence-electron chi connectivity index (χ2n) is 7.26. The van der Waals surface area contributed by atoms with Crippen molar-refractivity contribution in [3.8, 4) is 5.75 Å². The maximum Gasteiger partial charge on any atom is 0.119 e. The molecule has 0 bridgehead atoms. The highest BCUT2D eigenvalue weighted by Gasteiger charge is 1.96. The van der Waals surface area contributed by atoms with E-state index in [2.05, 4.69) is 23.2 Å². The molecule has 3 nitrogen and oxygen atoms in total. The van der Waals surface area contributed by atoms with Crippen molar-refractivity contribution >= 4 is 12.2 Å². The Morgan fingerprint density at radius 1 is 0.714 bits per heavy atom. The minimum Gasteiger partial charge on any atom is -0.494 e. The van der Waals surface area contributed by atoms with Crippen molar-refractivity contribution in [2.75, 3.05) is 13.2 Å². The van der Waals surface area contributed by atoms with Gasteiger partial charge in [0.15, 0.2) is 0 Å². The highest BCUT2D eigenvalue weighted by molar-refractivity contribution is 5.68. The van der Waals surface area contributed by atoms with Crippen LogP contribution >= 0.6 is 0 Å². The molecule has 0 aliphatic carbocycles. The van der Waals surface area contributed by atoms with E-state index in [9.17, 15) is 0 Å². The zero-order chi connectivity index (χ0) is 19.7. The second-order valence-corrected chi connectivity index (χ2v) is 7.26. The summed E-state index contributed by atoms with van der Waals surface area (Å²) in [6.45, 7) is 1.14. The van der Waals surface area contributed by atoms with Crippen LogP contribution in [-0.2, 0) is 0 Å². The van der Waals surface area contributed by atoms with Crippen LogP contribution in [0.2, 0.25) is 0 Å². The van der Waals surface area contributed by atoms with E-state index >= 15 is 0 Å². The molecule has 0 aliphatic heterocycles. The molecule has 0 radical (unpaired) electrons. The van der Waals surface area contributed by atoms with Gasteiger partial charge in [-0.05, 0) is 48.7 Å². The van der Waals surface area contributed by atoms with Gasteiger partial charge in [-0.2, -0.15) is 0 Å². The fourth-order valence-corrected chi connectivity index (χ4v) is 3.15. The molecule has 1 aromatic carbocycles. The van der Waals surface area contributed by atoms with Gasteiger partial charge >= 0.3 is 0 Å². The lowest BCUT2D eigenvalue weighted by Crippen LogP contribution is -1.97. The number of nitrogens with zero attached hydrogens (tertiary/aromatic N) is 1. The summed E-state index contributed by atoms with van der Waals surface area (Å²) in [4.78, 5) is 4.29. The predicted octanol–water partition coefficient (Wildman–Crippen LogP) is 6.52. The van der Waals surface area contributed by atoms with Crippen LogP contribution in [0.5, 0.6) is 5.75 Å². The minimum atomic E-state index is 0.342. The van der Waals surface area contributed by atoms with Crippen LogP contribution in [0.1, 0.15) is 75.5 Å². The molecule has 0 fully saturated rings. The van der Waals surface area contributed by atoms with Crippen molar-refractivity contribution in [3.05, 3.63) is 59.9 Å². The summed E-state index contributed by atoms with van der Waals surface area (Å²) in [7, 11) is 0. The molecule has 0 saturated carbocycles. The van der Waals surface area contributed by atoms with E-state index in [1.807, 2.05) is 36.4 Å². The summed E-state index contributed by atoms with van der Waals surface area (Å²) < 4.78 is 5.85. The van der Waals surface area contributed by atoms with Gasteiger partial charge in [-0.1, -0.05) is 75.6 Å². The first-order chi connectivity index (χ1) is 13.9. The lowest BCUT2D eigenvalue weighted by Gasteiger charge is -2.06. The smallest absolute Gasteiger partial charge is 0.119 e. The molecule has 1 N–H and O–H groups in total. The number of aliphatic hydroxyl groups excluding tert-OH is 1. The van der Waals surface area contributed by atoms with E-state index in [4.69, 9.17) is 9.84 Å². The van der Waals surface area contributed by atoms with Gasteiger partial charge in [-0.3, -0.25) is 4.98 Å². The molecule has 0 unspecified atom stereocenters. The number of pyridine rings is 1. The van der Waals surface area contributed by atoms with Crippen LogP contribution in [0.3, 0.4) is 0 Å². The van der Waals surface area contributed by atoms with E-state index in [0.29, 0.717) is 6.61 Å². The van der Waals surface area contributed by atoms with Crippen molar-refractivity contribution in [3.63, 3.8) is 0 Å². The molecule has 0 atom stereocenters. The molecule has 3 heteroatoms. The molecular formula is C25H35NO2.